The summed E-state index contributed by atoms with van der Waals surface area (Å²) in [6.07, 6.45) is 11.8. The second-order valence-electron chi connectivity index (χ2n) is 14.1. The highest BCUT2D eigenvalue weighted by molar-refractivity contribution is 5.91. The SMILES string of the molecule is C\C=C(/C=C\C=C\c1ccccc1)N(c1cccc(-c2ccc3ccccc3c2)c1)c1ccccc1-c1cccc(-c2cccc3c2Cc2ccccc2-3)c1. The Morgan fingerprint density at radius 2 is 1.13 bits per heavy atom. The van der Waals surface area contributed by atoms with Crippen LogP contribution in [0.5, 0.6) is 0 Å². The van der Waals surface area contributed by atoms with Gasteiger partial charge in [-0.25, -0.2) is 0 Å². The molecule has 0 atom stereocenters. The molecular weight excluding hydrogens is 663 g/mol. The first-order valence-corrected chi connectivity index (χ1v) is 19.1. The van der Waals surface area contributed by atoms with Crippen molar-refractivity contribution in [2.45, 2.75) is 13.3 Å². The highest BCUT2D eigenvalue weighted by Gasteiger charge is 2.22. The van der Waals surface area contributed by atoms with Crippen LogP contribution in [-0.4, -0.2) is 0 Å². The summed E-state index contributed by atoms with van der Waals surface area (Å²) in [5.41, 5.74) is 17.2. The summed E-state index contributed by atoms with van der Waals surface area (Å²) in [5.74, 6) is 0. The zero-order valence-corrected chi connectivity index (χ0v) is 30.9. The number of benzene rings is 8. The van der Waals surface area contributed by atoms with Gasteiger partial charge in [0.1, 0.15) is 0 Å². The minimum atomic E-state index is 0.958. The zero-order valence-electron chi connectivity index (χ0n) is 30.9. The Hall–Kier alpha value is -6.96. The number of hydrogen-bond donors (Lipinski definition) is 0. The van der Waals surface area contributed by atoms with Crippen LogP contribution in [0.15, 0.2) is 218 Å². The molecule has 9 rings (SSSR count). The first-order chi connectivity index (χ1) is 27.2. The topological polar surface area (TPSA) is 3.24 Å². The number of para-hydroxylation sites is 1. The van der Waals surface area contributed by atoms with Crippen molar-refractivity contribution in [3.8, 4) is 44.5 Å². The van der Waals surface area contributed by atoms with Crippen molar-refractivity contribution < 1.29 is 0 Å². The van der Waals surface area contributed by atoms with Gasteiger partial charge in [0.05, 0.1) is 5.69 Å². The van der Waals surface area contributed by atoms with Gasteiger partial charge in [0.15, 0.2) is 0 Å². The molecule has 8 aromatic rings. The lowest BCUT2D eigenvalue weighted by atomic mass is 9.92. The summed E-state index contributed by atoms with van der Waals surface area (Å²) in [6.45, 7) is 2.12. The molecule has 0 aliphatic heterocycles. The number of hydrogen-bond acceptors (Lipinski definition) is 1. The Bertz CT molecular complexity index is 2750. The van der Waals surface area contributed by atoms with E-state index in [2.05, 4.69) is 224 Å². The molecule has 1 heteroatoms. The molecule has 1 aliphatic rings. The molecule has 0 unspecified atom stereocenters. The van der Waals surface area contributed by atoms with Crippen molar-refractivity contribution in [3.05, 3.63) is 235 Å². The van der Waals surface area contributed by atoms with E-state index in [1.54, 1.807) is 0 Å². The molecule has 0 radical (unpaired) electrons. The van der Waals surface area contributed by atoms with Gasteiger partial charge in [0.2, 0.25) is 0 Å². The lowest BCUT2D eigenvalue weighted by Crippen LogP contribution is -2.16. The second kappa shape index (κ2) is 15.2. The van der Waals surface area contributed by atoms with E-state index in [4.69, 9.17) is 0 Å². The molecule has 0 saturated carbocycles. The van der Waals surface area contributed by atoms with Gasteiger partial charge in [-0.05, 0) is 116 Å². The number of anilines is 2. The summed E-state index contributed by atoms with van der Waals surface area (Å²) in [7, 11) is 0. The normalized spacial score (nSPS) is 12.3. The maximum absolute atomic E-state index is 2.40. The Labute approximate surface area is 324 Å². The van der Waals surface area contributed by atoms with Crippen molar-refractivity contribution in [3.63, 3.8) is 0 Å². The van der Waals surface area contributed by atoms with Crippen LogP contribution in [0.4, 0.5) is 11.4 Å². The number of nitrogens with zero attached hydrogens (tertiary/aromatic N) is 1. The molecule has 0 bridgehead atoms. The van der Waals surface area contributed by atoms with E-state index in [0.29, 0.717) is 0 Å². The monoisotopic (exact) mass is 703 g/mol. The van der Waals surface area contributed by atoms with E-state index >= 15 is 0 Å². The molecule has 0 N–H and O–H groups in total. The summed E-state index contributed by atoms with van der Waals surface area (Å²) in [5, 5.41) is 2.48. The maximum Gasteiger partial charge on any atom is 0.0539 e. The van der Waals surface area contributed by atoms with E-state index in [9.17, 15) is 0 Å². The predicted molar refractivity (Wildman–Crippen MR) is 235 cm³/mol. The van der Waals surface area contributed by atoms with Crippen molar-refractivity contribution >= 4 is 28.2 Å². The van der Waals surface area contributed by atoms with Crippen LogP contribution in [0.1, 0.15) is 23.6 Å². The Balaban J connectivity index is 1.15. The fourth-order valence-electron chi connectivity index (χ4n) is 8.00. The predicted octanol–water partition coefficient (Wildman–Crippen LogP) is 14.7. The fraction of sp³-hybridized carbons (Fsp3) is 0.0370. The van der Waals surface area contributed by atoms with Crippen molar-refractivity contribution in [2.24, 2.45) is 0 Å². The highest BCUT2D eigenvalue weighted by Crippen LogP contribution is 2.44. The third kappa shape index (κ3) is 6.85. The molecule has 55 heavy (non-hydrogen) atoms. The lowest BCUT2D eigenvalue weighted by Gasteiger charge is -2.29. The van der Waals surface area contributed by atoms with E-state index in [1.807, 2.05) is 6.07 Å². The standard InChI is InChI=1S/C54H41N/c1-2-47(26-10-6-19-39-17-4-3-5-18-39)55(48-27-15-23-42(37-48)43-34-33-40-20-7-8-21-41(40)35-43)54-32-13-12-29-51(54)45-25-14-24-44(36-45)50-30-16-31-52-49-28-11-9-22-46(49)38-53(50)52/h2-37H,38H2,1H3/b19-6+,26-10-,47-2+. The van der Waals surface area contributed by atoms with Crippen LogP contribution in [0.25, 0.3) is 61.4 Å². The van der Waals surface area contributed by atoms with E-state index < -0.39 is 0 Å². The molecule has 0 spiro atoms. The summed E-state index contributed by atoms with van der Waals surface area (Å²) < 4.78 is 0. The van der Waals surface area contributed by atoms with Crippen LogP contribution in [0, 0.1) is 0 Å². The maximum atomic E-state index is 2.40. The molecule has 0 heterocycles. The van der Waals surface area contributed by atoms with Gasteiger partial charge in [-0.1, -0.05) is 182 Å². The number of allylic oxidation sites excluding steroid dienone is 4. The average molecular weight is 704 g/mol. The van der Waals surface area contributed by atoms with E-state index in [1.165, 1.54) is 72.0 Å². The first-order valence-electron chi connectivity index (χ1n) is 19.1. The quantitative estimate of drug-likeness (QED) is 0.135. The number of rotatable bonds is 9. The molecule has 8 aromatic carbocycles. The summed E-state index contributed by atoms with van der Waals surface area (Å²) in [6, 6.07) is 68.2. The first kappa shape index (κ1) is 33.8. The van der Waals surface area contributed by atoms with Crippen LogP contribution < -0.4 is 4.90 Å². The summed E-state index contributed by atoms with van der Waals surface area (Å²) >= 11 is 0. The van der Waals surface area contributed by atoms with E-state index in [-0.39, 0.29) is 0 Å². The van der Waals surface area contributed by atoms with Crippen LogP contribution in [0.2, 0.25) is 0 Å². The van der Waals surface area contributed by atoms with Gasteiger partial charge in [-0.2, -0.15) is 0 Å². The minimum absolute atomic E-state index is 0.958. The highest BCUT2D eigenvalue weighted by atomic mass is 15.1. The minimum Gasteiger partial charge on any atom is -0.310 e. The van der Waals surface area contributed by atoms with Gasteiger partial charge < -0.3 is 4.90 Å². The van der Waals surface area contributed by atoms with Gasteiger partial charge >= 0.3 is 0 Å². The van der Waals surface area contributed by atoms with Crippen LogP contribution in [-0.2, 0) is 6.42 Å². The molecule has 0 aromatic heterocycles. The average Bonchev–Trinajstić information content (AvgIpc) is 3.64. The van der Waals surface area contributed by atoms with Gasteiger partial charge in [-0.3, -0.25) is 0 Å². The zero-order chi connectivity index (χ0) is 37.0. The third-order valence-corrected chi connectivity index (χ3v) is 10.7. The van der Waals surface area contributed by atoms with E-state index in [0.717, 1.165) is 23.5 Å². The largest absolute Gasteiger partial charge is 0.310 e. The molecule has 0 amide bonds. The molecule has 0 saturated heterocycles. The van der Waals surface area contributed by atoms with Crippen molar-refractivity contribution in [2.75, 3.05) is 4.90 Å². The lowest BCUT2D eigenvalue weighted by molar-refractivity contribution is 1.20. The van der Waals surface area contributed by atoms with Gasteiger partial charge in [-0.15, -0.1) is 0 Å². The van der Waals surface area contributed by atoms with Crippen LogP contribution in [0.3, 0.4) is 0 Å². The Morgan fingerprint density at radius 1 is 0.473 bits per heavy atom. The van der Waals surface area contributed by atoms with Crippen molar-refractivity contribution in [1.82, 2.24) is 0 Å². The Morgan fingerprint density at radius 3 is 2.00 bits per heavy atom. The molecule has 0 fully saturated rings. The molecule has 262 valence electrons. The molecule has 1 aliphatic carbocycles. The molecule has 1 nitrogen and oxygen atoms in total. The number of fused-ring (bicyclic) bond motifs is 4. The fourth-order valence-corrected chi connectivity index (χ4v) is 8.00. The van der Waals surface area contributed by atoms with Crippen LogP contribution >= 0.6 is 0 Å². The second-order valence-corrected chi connectivity index (χ2v) is 14.1. The van der Waals surface area contributed by atoms with Gasteiger partial charge in [0, 0.05) is 16.9 Å². The Kier molecular flexibility index (Phi) is 9.34. The van der Waals surface area contributed by atoms with Crippen molar-refractivity contribution in [1.29, 1.82) is 0 Å². The smallest absolute Gasteiger partial charge is 0.0539 e. The summed E-state index contributed by atoms with van der Waals surface area (Å²) in [4.78, 5) is 2.40. The molecular formula is C54H41N. The van der Waals surface area contributed by atoms with Gasteiger partial charge in [0.25, 0.3) is 0 Å². The third-order valence-electron chi connectivity index (χ3n) is 10.7.